The Hall–Kier alpha value is -1.36. The molecule has 0 atom stereocenters. The van der Waals surface area contributed by atoms with E-state index >= 15 is 0 Å². The maximum Gasteiger partial charge on any atom is 0.173 e. The molecule has 0 aliphatic carbocycles. The second-order valence-electron chi connectivity index (χ2n) is 2.43. The Morgan fingerprint density at radius 1 is 1.62 bits per heavy atom. The van der Waals surface area contributed by atoms with Crippen molar-refractivity contribution in [2.75, 3.05) is 6.26 Å². The molecule has 0 saturated carbocycles. The van der Waals surface area contributed by atoms with Crippen molar-refractivity contribution in [3.8, 4) is 0 Å². The van der Waals surface area contributed by atoms with Crippen LogP contribution in [-0.2, 0) is 0 Å². The molecular formula is C8H7N3OS. The molecule has 0 fully saturated rings. The fraction of sp³-hybridized carbons (Fsp3) is 0.125. The van der Waals surface area contributed by atoms with Gasteiger partial charge in [0, 0.05) is 12.4 Å². The van der Waals surface area contributed by atoms with E-state index in [2.05, 4.69) is 9.97 Å². The normalized spacial score (nSPS) is 10.5. The van der Waals surface area contributed by atoms with E-state index < -0.39 is 0 Å². The number of carbonyl (C=O) groups is 1. The molecule has 0 bridgehead atoms. The van der Waals surface area contributed by atoms with E-state index in [0.717, 1.165) is 17.0 Å². The highest BCUT2D eigenvalue weighted by atomic mass is 32.2. The number of imidazole rings is 1. The van der Waals surface area contributed by atoms with Crippen molar-refractivity contribution in [1.29, 1.82) is 0 Å². The summed E-state index contributed by atoms with van der Waals surface area (Å²) in [6, 6.07) is 0. The topological polar surface area (TPSA) is 47.3 Å². The summed E-state index contributed by atoms with van der Waals surface area (Å²) in [5.41, 5.74) is 1.19. The minimum absolute atomic E-state index is 0.442. The molecule has 0 spiro atoms. The SMILES string of the molecule is CSc1nc(C=O)c2cnccn12. The molecule has 2 aromatic heterocycles. The Morgan fingerprint density at radius 3 is 3.15 bits per heavy atom. The lowest BCUT2D eigenvalue weighted by molar-refractivity contribution is 0.112. The number of fused-ring (bicyclic) bond motifs is 1. The third kappa shape index (κ3) is 1.21. The first-order valence-electron chi connectivity index (χ1n) is 3.68. The first kappa shape index (κ1) is 8.25. The third-order valence-corrected chi connectivity index (χ3v) is 2.39. The average molecular weight is 193 g/mol. The Morgan fingerprint density at radius 2 is 2.46 bits per heavy atom. The standard InChI is InChI=1S/C8H7N3OS/c1-13-8-10-6(5-12)7-4-9-2-3-11(7)8/h2-5H,1H3. The van der Waals surface area contributed by atoms with E-state index in [-0.39, 0.29) is 0 Å². The molecule has 2 rings (SSSR count). The quantitative estimate of drug-likeness (QED) is 0.532. The first-order chi connectivity index (χ1) is 6.36. The zero-order valence-electron chi connectivity index (χ0n) is 6.97. The third-order valence-electron chi connectivity index (χ3n) is 1.74. The Bertz CT molecular complexity index is 452. The molecule has 13 heavy (non-hydrogen) atoms. The van der Waals surface area contributed by atoms with E-state index in [0.29, 0.717) is 5.69 Å². The minimum Gasteiger partial charge on any atom is -0.296 e. The maximum atomic E-state index is 10.6. The highest BCUT2D eigenvalue weighted by Crippen LogP contribution is 2.17. The Balaban J connectivity index is 2.81. The van der Waals surface area contributed by atoms with Crippen LogP contribution in [0.4, 0.5) is 0 Å². The highest BCUT2D eigenvalue weighted by Gasteiger charge is 2.08. The number of rotatable bonds is 2. The molecule has 0 radical (unpaired) electrons. The minimum atomic E-state index is 0.442. The number of hydrogen-bond donors (Lipinski definition) is 0. The van der Waals surface area contributed by atoms with Crippen molar-refractivity contribution in [3.05, 3.63) is 24.3 Å². The van der Waals surface area contributed by atoms with E-state index in [9.17, 15) is 4.79 Å². The molecule has 0 aliphatic heterocycles. The second kappa shape index (κ2) is 3.18. The van der Waals surface area contributed by atoms with Gasteiger partial charge in [-0.2, -0.15) is 0 Å². The number of aldehydes is 1. The summed E-state index contributed by atoms with van der Waals surface area (Å²) in [5.74, 6) is 0. The van der Waals surface area contributed by atoms with Crippen LogP contribution in [0.25, 0.3) is 5.52 Å². The Labute approximate surface area is 79.0 Å². The lowest BCUT2D eigenvalue weighted by Crippen LogP contribution is -1.86. The molecule has 0 N–H and O–H groups in total. The summed E-state index contributed by atoms with van der Waals surface area (Å²) >= 11 is 1.50. The number of hydrogen-bond acceptors (Lipinski definition) is 4. The molecule has 0 amide bonds. The number of thioether (sulfide) groups is 1. The van der Waals surface area contributed by atoms with E-state index in [1.165, 1.54) is 11.8 Å². The van der Waals surface area contributed by atoms with Gasteiger partial charge in [-0.05, 0) is 6.26 Å². The molecule has 0 aromatic carbocycles. The average Bonchev–Trinajstić information content (AvgIpc) is 2.56. The summed E-state index contributed by atoms with van der Waals surface area (Å²) in [6.07, 6.45) is 7.77. The summed E-state index contributed by atoms with van der Waals surface area (Å²) in [4.78, 5) is 18.7. The van der Waals surface area contributed by atoms with Crippen LogP contribution in [0.2, 0.25) is 0 Å². The van der Waals surface area contributed by atoms with Crippen LogP contribution in [-0.4, -0.2) is 26.9 Å². The Kier molecular flexibility index (Phi) is 2.02. The van der Waals surface area contributed by atoms with Crippen LogP contribution in [0, 0.1) is 0 Å². The smallest absolute Gasteiger partial charge is 0.173 e. The fourth-order valence-corrected chi connectivity index (χ4v) is 1.71. The number of nitrogens with zero attached hydrogens (tertiary/aromatic N) is 3. The van der Waals surface area contributed by atoms with Crippen molar-refractivity contribution in [1.82, 2.24) is 14.4 Å². The van der Waals surface area contributed by atoms with Gasteiger partial charge in [-0.1, -0.05) is 11.8 Å². The predicted molar refractivity (Wildman–Crippen MR) is 50.2 cm³/mol. The van der Waals surface area contributed by atoms with Gasteiger partial charge in [0.2, 0.25) is 0 Å². The van der Waals surface area contributed by atoms with Crippen LogP contribution < -0.4 is 0 Å². The van der Waals surface area contributed by atoms with Crippen LogP contribution in [0.5, 0.6) is 0 Å². The van der Waals surface area contributed by atoms with Gasteiger partial charge < -0.3 is 0 Å². The molecule has 4 nitrogen and oxygen atoms in total. The molecule has 2 aromatic rings. The van der Waals surface area contributed by atoms with Gasteiger partial charge in [-0.15, -0.1) is 0 Å². The van der Waals surface area contributed by atoms with Crippen molar-refractivity contribution in [3.63, 3.8) is 0 Å². The maximum absolute atomic E-state index is 10.6. The molecule has 0 unspecified atom stereocenters. The monoisotopic (exact) mass is 193 g/mol. The molecule has 0 aliphatic rings. The van der Waals surface area contributed by atoms with Crippen molar-refractivity contribution < 1.29 is 4.79 Å². The van der Waals surface area contributed by atoms with Crippen molar-refractivity contribution in [2.45, 2.75) is 5.16 Å². The largest absolute Gasteiger partial charge is 0.296 e. The van der Waals surface area contributed by atoms with E-state index in [1.807, 2.05) is 10.7 Å². The van der Waals surface area contributed by atoms with Gasteiger partial charge in [0.25, 0.3) is 0 Å². The fourth-order valence-electron chi connectivity index (χ4n) is 1.16. The summed E-state index contributed by atoms with van der Waals surface area (Å²) in [7, 11) is 0. The van der Waals surface area contributed by atoms with Crippen molar-refractivity contribution >= 4 is 23.6 Å². The molecular weight excluding hydrogens is 186 g/mol. The zero-order chi connectivity index (χ0) is 9.26. The van der Waals surface area contributed by atoms with Crippen LogP contribution >= 0.6 is 11.8 Å². The van der Waals surface area contributed by atoms with E-state index in [1.54, 1.807) is 18.6 Å². The van der Waals surface area contributed by atoms with Gasteiger partial charge in [-0.3, -0.25) is 14.2 Å². The summed E-state index contributed by atoms with van der Waals surface area (Å²) in [6.45, 7) is 0. The molecule has 0 saturated heterocycles. The number of carbonyl (C=O) groups excluding carboxylic acids is 1. The lowest BCUT2D eigenvalue weighted by atomic mass is 10.4. The highest BCUT2D eigenvalue weighted by molar-refractivity contribution is 7.98. The van der Waals surface area contributed by atoms with Gasteiger partial charge in [0.1, 0.15) is 5.69 Å². The van der Waals surface area contributed by atoms with Crippen molar-refractivity contribution in [2.24, 2.45) is 0 Å². The zero-order valence-corrected chi connectivity index (χ0v) is 7.78. The number of aromatic nitrogens is 3. The van der Waals surface area contributed by atoms with E-state index in [4.69, 9.17) is 0 Å². The van der Waals surface area contributed by atoms with Crippen LogP contribution in [0.15, 0.2) is 23.7 Å². The van der Waals surface area contributed by atoms with Crippen LogP contribution in [0.3, 0.4) is 0 Å². The van der Waals surface area contributed by atoms with Gasteiger partial charge in [0.15, 0.2) is 11.4 Å². The summed E-state index contributed by atoms with van der Waals surface area (Å²) < 4.78 is 1.85. The first-order valence-corrected chi connectivity index (χ1v) is 4.90. The lowest BCUT2D eigenvalue weighted by Gasteiger charge is -1.94. The summed E-state index contributed by atoms with van der Waals surface area (Å²) in [5, 5.41) is 0.805. The molecule has 66 valence electrons. The second-order valence-corrected chi connectivity index (χ2v) is 3.21. The van der Waals surface area contributed by atoms with Gasteiger partial charge in [0.05, 0.1) is 11.7 Å². The molecule has 2 heterocycles. The molecule has 5 heteroatoms. The van der Waals surface area contributed by atoms with Crippen LogP contribution in [0.1, 0.15) is 10.5 Å². The van der Waals surface area contributed by atoms with Gasteiger partial charge >= 0.3 is 0 Å². The predicted octanol–water partition coefficient (Wildman–Crippen LogP) is 1.26. The van der Waals surface area contributed by atoms with Gasteiger partial charge in [-0.25, -0.2) is 4.98 Å².